The first-order chi connectivity index (χ1) is 11.8. The van der Waals surface area contributed by atoms with Crippen molar-refractivity contribution in [2.75, 3.05) is 10.2 Å². The second-order valence-corrected chi connectivity index (χ2v) is 5.36. The molecule has 1 aliphatic heterocycles. The van der Waals surface area contributed by atoms with Crippen molar-refractivity contribution in [2.45, 2.75) is 13.1 Å². The molecule has 4 rings (SSSR count). The Labute approximate surface area is 138 Å². The summed E-state index contributed by atoms with van der Waals surface area (Å²) >= 11 is 0. The van der Waals surface area contributed by atoms with Gasteiger partial charge in [-0.05, 0) is 24.3 Å². The Bertz CT molecular complexity index is 849. The van der Waals surface area contributed by atoms with Crippen molar-refractivity contribution in [3.05, 3.63) is 66.2 Å². The van der Waals surface area contributed by atoms with Crippen molar-refractivity contribution in [1.82, 2.24) is 15.3 Å². The average molecular weight is 321 g/mol. The lowest BCUT2D eigenvalue weighted by molar-refractivity contribution is 0.243. The molecule has 0 saturated carbocycles. The van der Waals surface area contributed by atoms with Crippen LogP contribution in [0.25, 0.3) is 0 Å². The number of urea groups is 1. The van der Waals surface area contributed by atoms with Gasteiger partial charge in [-0.2, -0.15) is 4.98 Å². The van der Waals surface area contributed by atoms with E-state index in [1.165, 1.54) is 0 Å². The van der Waals surface area contributed by atoms with E-state index in [1.54, 1.807) is 23.4 Å². The maximum absolute atomic E-state index is 12.2. The van der Waals surface area contributed by atoms with Gasteiger partial charge in [-0.3, -0.25) is 4.90 Å². The van der Waals surface area contributed by atoms with Crippen molar-refractivity contribution < 1.29 is 9.21 Å². The number of aromatic nitrogens is 2. The Morgan fingerprint density at radius 3 is 2.88 bits per heavy atom. The van der Waals surface area contributed by atoms with Gasteiger partial charge >= 0.3 is 6.03 Å². The molecule has 3 heterocycles. The molecule has 0 radical (unpaired) electrons. The van der Waals surface area contributed by atoms with Crippen LogP contribution in [0.15, 0.2) is 59.3 Å². The molecule has 0 saturated heterocycles. The van der Waals surface area contributed by atoms with E-state index in [0.717, 1.165) is 11.3 Å². The minimum atomic E-state index is -0.205. The summed E-state index contributed by atoms with van der Waals surface area (Å²) in [6.45, 7) is 0.724. The van der Waals surface area contributed by atoms with E-state index in [1.807, 2.05) is 36.4 Å². The molecule has 3 aromatic rings. The van der Waals surface area contributed by atoms with Crippen LogP contribution in [0.4, 0.5) is 22.2 Å². The fourth-order valence-electron chi connectivity index (χ4n) is 2.53. The molecule has 2 amide bonds. The molecule has 120 valence electrons. The predicted molar refractivity (Wildman–Crippen MR) is 88.9 cm³/mol. The van der Waals surface area contributed by atoms with E-state index < -0.39 is 0 Å². The first kappa shape index (κ1) is 14.3. The molecule has 0 unspecified atom stereocenters. The zero-order valence-electron chi connectivity index (χ0n) is 12.8. The molecule has 0 fully saturated rings. The highest BCUT2D eigenvalue weighted by molar-refractivity contribution is 5.93. The van der Waals surface area contributed by atoms with Gasteiger partial charge in [0, 0.05) is 24.0 Å². The normalized spacial score (nSPS) is 13.3. The molecular formula is C17H15N5O2. The maximum atomic E-state index is 12.2. The zero-order chi connectivity index (χ0) is 16.4. The molecule has 2 aromatic heterocycles. The molecule has 0 atom stereocenters. The van der Waals surface area contributed by atoms with Crippen LogP contribution in [0, 0.1) is 0 Å². The van der Waals surface area contributed by atoms with Crippen LogP contribution in [0.1, 0.15) is 11.3 Å². The summed E-state index contributed by atoms with van der Waals surface area (Å²) < 4.78 is 5.34. The second kappa shape index (κ2) is 6.04. The third kappa shape index (κ3) is 2.79. The number of nitrogens with zero attached hydrogens (tertiary/aromatic N) is 3. The smallest absolute Gasteiger partial charge is 0.323 e. The lowest BCUT2D eigenvalue weighted by Gasteiger charge is -2.28. The molecule has 7 nitrogen and oxygen atoms in total. The first-order valence-corrected chi connectivity index (χ1v) is 7.55. The topological polar surface area (TPSA) is 83.3 Å². The van der Waals surface area contributed by atoms with Gasteiger partial charge in [0.05, 0.1) is 12.8 Å². The Balaban J connectivity index is 1.65. The summed E-state index contributed by atoms with van der Waals surface area (Å²) in [7, 11) is 0. The van der Waals surface area contributed by atoms with Gasteiger partial charge in [0.1, 0.15) is 11.6 Å². The highest BCUT2D eigenvalue weighted by atomic mass is 16.3. The van der Waals surface area contributed by atoms with Crippen molar-refractivity contribution in [3.8, 4) is 0 Å². The van der Waals surface area contributed by atoms with Gasteiger partial charge in [-0.25, -0.2) is 9.78 Å². The molecule has 0 spiro atoms. The number of nitrogens with one attached hydrogen (secondary N) is 2. The molecule has 0 bridgehead atoms. The number of para-hydroxylation sites is 1. The number of amides is 2. The number of carbonyl (C=O) groups excluding carboxylic acids is 1. The fourth-order valence-corrected chi connectivity index (χ4v) is 2.53. The molecule has 1 aromatic carbocycles. The number of hydrogen-bond donors (Lipinski definition) is 2. The van der Waals surface area contributed by atoms with Crippen LogP contribution in [0.3, 0.4) is 0 Å². The molecule has 0 aliphatic carbocycles. The van der Waals surface area contributed by atoms with Crippen LogP contribution in [-0.4, -0.2) is 16.0 Å². The minimum Gasteiger partial charge on any atom is -0.467 e. The van der Waals surface area contributed by atoms with Crippen molar-refractivity contribution >= 4 is 23.5 Å². The van der Waals surface area contributed by atoms with E-state index in [4.69, 9.17) is 4.42 Å². The van der Waals surface area contributed by atoms with Crippen LogP contribution in [0.2, 0.25) is 0 Å². The molecule has 24 heavy (non-hydrogen) atoms. The Kier molecular flexibility index (Phi) is 3.59. The minimum absolute atomic E-state index is 0.205. The number of furan rings is 1. The quantitative estimate of drug-likeness (QED) is 0.771. The third-order valence-electron chi connectivity index (χ3n) is 3.70. The van der Waals surface area contributed by atoms with E-state index in [9.17, 15) is 4.79 Å². The number of benzene rings is 1. The van der Waals surface area contributed by atoms with E-state index in [-0.39, 0.29) is 6.03 Å². The van der Waals surface area contributed by atoms with Crippen LogP contribution in [0.5, 0.6) is 0 Å². The summed E-state index contributed by atoms with van der Waals surface area (Å²) in [4.78, 5) is 22.6. The highest BCUT2D eigenvalue weighted by Gasteiger charge is 2.27. The highest BCUT2D eigenvalue weighted by Crippen LogP contribution is 2.25. The zero-order valence-corrected chi connectivity index (χ0v) is 12.8. The van der Waals surface area contributed by atoms with E-state index in [2.05, 4.69) is 20.6 Å². The largest absolute Gasteiger partial charge is 0.467 e. The Hall–Kier alpha value is -3.35. The molecule has 2 N–H and O–H groups in total. The number of carbonyl (C=O) groups is 1. The number of fused-ring (bicyclic) bond motifs is 1. The van der Waals surface area contributed by atoms with Crippen molar-refractivity contribution in [2.24, 2.45) is 0 Å². The monoisotopic (exact) mass is 321 g/mol. The predicted octanol–water partition coefficient (Wildman–Crippen LogP) is 3.04. The van der Waals surface area contributed by atoms with Gasteiger partial charge in [0.25, 0.3) is 0 Å². The summed E-state index contributed by atoms with van der Waals surface area (Å²) in [5.41, 5.74) is 1.75. The van der Waals surface area contributed by atoms with Crippen LogP contribution < -0.4 is 15.5 Å². The summed E-state index contributed by atoms with van der Waals surface area (Å²) in [6, 6.07) is 13.1. The molecular weight excluding hydrogens is 306 g/mol. The van der Waals surface area contributed by atoms with Crippen molar-refractivity contribution in [3.63, 3.8) is 0 Å². The summed E-state index contributed by atoms with van der Waals surface area (Å²) in [6.07, 6.45) is 3.31. The number of rotatable bonds is 4. The standard InChI is InChI=1S/C17H15N5O2/c23-17-19-10-12-9-18-16(20-13-5-2-1-3-6-13)21-15(12)22(17)11-14-7-4-8-24-14/h1-9H,10-11H2,(H,19,23)(H,18,20,21). The summed E-state index contributed by atoms with van der Waals surface area (Å²) in [5, 5.41) is 5.96. The van der Waals surface area contributed by atoms with Crippen LogP contribution in [-0.2, 0) is 13.1 Å². The van der Waals surface area contributed by atoms with Gasteiger partial charge in [-0.15, -0.1) is 0 Å². The van der Waals surface area contributed by atoms with Crippen LogP contribution >= 0.6 is 0 Å². The Morgan fingerprint density at radius 1 is 1.21 bits per heavy atom. The maximum Gasteiger partial charge on any atom is 0.323 e. The second-order valence-electron chi connectivity index (χ2n) is 5.36. The van der Waals surface area contributed by atoms with Crippen molar-refractivity contribution in [1.29, 1.82) is 0 Å². The first-order valence-electron chi connectivity index (χ1n) is 7.55. The summed E-state index contributed by atoms with van der Waals surface area (Å²) in [5.74, 6) is 1.72. The van der Waals surface area contributed by atoms with Gasteiger partial charge in [0.2, 0.25) is 5.95 Å². The van der Waals surface area contributed by atoms with E-state index in [0.29, 0.717) is 30.6 Å². The fraction of sp³-hybridized carbons (Fsp3) is 0.118. The SMILES string of the molecule is O=C1NCc2cnc(Nc3ccccc3)nc2N1Cc1ccco1. The van der Waals surface area contributed by atoms with Gasteiger partial charge in [-0.1, -0.05) is 18.2 Å². The van der Waals surface area contributed by atoms with E-state index >= 15 is 0 Å². The number of hydrogen-bond acceptors (Lipinski definition) is 5. The van der Waals surface area contributed by atoms with Gasteiger partial charge < -0.3 is 15.1 Å². The van der Waals surface area contributed by atoms with Gasteiger partial charge in [0.15, 0.2) is 0 Å². The average Bonchev–Trinajstić information content (AvgIpc) is 3.12. The molecule has 1 aliphatic rings. The number of anilines is 3. The third-order valence-corrected chi connectivity index (χ3v) is 3.70. The lowest BCUT2D eigenvalue weighted by Crippen LogP contribution is -2.44. The Morgan fingerprint density at radius 2 is 2.08 bits per heavy atom. The lowest BCUT2D eigenvalue weighted by atomic mass is 10.2. The molecule has 7 heteroatoms.